The minimum absolute atomic E-state index is 0.871. The molecule has 2 rings (SSSR count). The van der Waals surface area contributed by atoms with E-state index in [9.17, 15) is 0 Å². The van der Waals surface area contributed by atoms with Crippen molar-refractivity contribution in [2.45, 2.75) is 6.54 Å². The first kappa shape index (κ1) is 7.17. The Morgan fingerprint density at radius 2 is 2.17 bits per heavy atom. The fourth-order valence-corrected chi connectivity index (χ4v) is 1.36. The molecule has 0 atom stereocenters. The highest BCUT2D eigenvalue weighted by molar-refractivity contribution is 5.60. The number of benzene rings is 1. The Kier molecular flexibility index (Phi) is 1.71. The quantitative estimate of drug-likeness (QED) is 0.656. The fraction of sp³-hybridized carbons (Fsp3) is 0.0909. The van der Waals surface area contributed by atoms with Crippen LogP contribution in [0.25, 0.3) is 6.08 Å². The second-order valence-electron chi connectivity index (χ2n) is 2.82. The zero-order valence-electron chi connectivity index (χ0n) is 6.75. The van der Waals surface area contributed by atoms with E-state index in [1.165, 1.54) is 11.1 Å². The third-order valence-corrected chi connectivity index (χ3v) is 2.03. The average molecular weight is 156 g/mol. The van der Waals surface area contributed by atoms with Crippen molar-refractivity contribution in [1.29, 1.82) is 0 Å². The van der Waals surface area contributed by atoms with Gasteiger partial charge in [0.05, 0.1) is 0 Å². The zero-order valence-corrected chi connectivity index (χ0v) is 6.75. The first-order valence-electron chi connectivity index (χ1n) is 3.98. The van der Waals surface area contributed by atoms with Gasteiger partial charge in [0.15, 0.2) is 0 Å². The fourth-order valence-electron chi connectivity index (χ4n) is 1.36. The van der Waals surface area contributed by atoms with E-state index in [-0.39, 0.29) is 0 Å². The second kappa shape index (κ2) is 2.86. The summed E-state index contributed by atoms with van der Waals surface area (Å²) in [6.07, 6.45) is 3.65. The third kappa shape index (κ3) is 1.14. The summed E-state index contributed by atoms with van der Waals surface area (Å²) < 4.78 is 0. The van der Waals surface area contributed by atoms with E-state index >= 15 is 0 Å². The van der Waals surface area contributed by atoms with Gasteiger partial charge >= 0.3 is 0 Å². The van der Waals surface area contributed by atoms with E-state index in [4.69, 9.17) is 6.58 Å². The molecule has 0 unspecified atom stereocenters. The van der Waals surface area contributed by atoms with Crippen molar-refractivity contribution in [2.75, 3.05) is 0 Å². The maximum absolute atomic E-state index is 5.40. The largest absolute Gasteiger partial charge is 0.381 e. The molecule has 0 saturated heterocycles. The minimum Gasteiger partial charge on any atom is -0.381 e. The van der Waals surface area contributed by atoms with Crippen molar-refractivity contribution < 1.29 is 0 Å². The topological polar surface area (TPSA) is 12.0 Å². The molecule has 1 nitrogen and oxygen atoms in total. The molecule has 0 aliphatic carbocycles. The molecule has 59 valence electrons. The first-order chi connectivity index (χ1) is 5.90. The van der Waals surface area contributed by atoms with Gasteiger partial charge in [-0.05, 0) is 23.3 Å². The highest BCUT2D eigenvalue weighted by Gasteiger charge is 2.05. The summed E-state index contributed by atoms with van der Waals surface area (Å²) in [6, 6.07) is 8.30. The van der Waals surface area contributed by atoms with Crippen molar-refractivity contribution in [3.63, 3.8) is 0 Å². The lowest BCUT2D eigenvalue weighted by atomic mass is 10.0. The molecule has 1 aromatic carbocycles. The van der Waals surface area contributed by atoms with Gasteiger partial charge in [-0.1, -0.05) is 30.8 Å². The molecular weight excluding hydrogens is 146 g/mol. The minimum atomic E-state index is 0.871. The van der Waals surface area contributed by atoms with Crippen LogP contribution in [0.1, 0.15) is 11.1 Å². The summed E-state index contributed by atoms with van der Waals surface area (Å²) in [7, 11) is 0. The SMILES string of the molecule is [CH]=CC1=Cc2ccccc2CN1. The number of hydrogen-bond acceptors (Lipinski definition) is 1. The van der Waals surface area contributed by atoms with Gasteiger partial charge in [0.1, 0.15) is 0 Å². The summed E-state index contributed by atoms with van der Waals surface area (Å²) in [5.74, 6) is 0. The monoisotopic (exact) mass is 156 g/mol. The van der Waals surface area contributed by atoms with E-state index in [1.54, 1.807) is 6.08 Å². The van der Waals surface area contributed by atoms with Crippen LogP contribution in [0.2, 0.25) is 0 Å². The number of allylic oxidation sites excluding steroid dienone is 1. The van der Waals surface area contributed by atoms with Gasteiger partial charge in [-0.2, -0.15) is 0 Å². The van der Waals surface area contributed by atoms with Crippen molar-refractivity contribution in [3.05, 3.63) is 53.7 Å². The van der Waals surface area contributed by atoms with Crippen LogP contribution in [-0.2, 0) is 6.54 Å². The van der Waals surface area contributed by atoms with E-state index in [0.29, 0.717) is 0 Å². The van der Waals surface area contributed by atoms with Crippen molar-refractivity contribution in [1.82, 2.24) is 5.32 Å². The molecule has 12 heavy (non-hydrogen) atoms. The molecule has 0 saturated carbocycles. The summed E-state index contributed by atoms with van der Waals surface area (Å²) in [5, 5.41) is 3.21. The van der Waals surface area contributed by atoms with Crippen molar-refractivity contribution in [2.24, 2.45) is 0 Å². The zero-order chi connectivity index (χ0) is 8.39. The predicted octanol–water partition coefficient (Wildman–Crippen LogP) is 2.12. The van der Waals surface area contributed by atoms with Gasteiger partial charge in [0.2, 0.25) is 0 Å². The summed E-state index contributed by atoms with van der Waals surface area (Å²) in [5.41, 5.74) is 3.57. The lowest BCUT2D eigenvalue weighted by molar-refractivity contribution is 0.823. The maximum atomic E-state index is 5.40. The van der Waals surface area contributed by atoms with Crippen LogP contribution in [0.3, 0.4) is 0 Å². The lowest BCUT2D eigenvalue weighted by Gasteiger charge is -2.15. The summed E-state index contributed by atoms with van der Waals surface area (Å²) in [4.78, 5) is 0. The summed E-state index contributed by atoms with van der Waals surface area (Å²) in [6.45, 7) is 6.28. The van der Waals surface area contributed by atoms with E-state index in [2.05, 4.69) is 23.5 Å². The van der Waals surface area contributed by atoms with Crippen LogP contribution < -0.4 is 5.32 Å². The first-order valence-corrected chi connectivity index (χ1v) is 3.98. The normalized spacial score (nSPS) is 14.2. The molecule has 1 N–H and O–H groups in total. The molecule has 1 heteroatoms. The number of nitrogens with one attached hydrogen (secondary N) is 1. The van der Waals surface area contributed by atoms with Gasteiger partial charge < -0.3 is 5.32 Å². The molecular formula is C11H10N. The highest BCUT2D eigenvalue weighted by Crippen LogP contribution is 2.17. The molecule has 1 heterocycles. The molecule has 1 aromatic rings. The Bertz CT molecular complexity index is 337. The van der Waals surface area contributed by atoms with Crippen LogP contribution in [0, 0.1) is 6.58 Å². The Morgan fingerprint density at radius 3 is 3.00 bits per heavy atom. The standard InChI is InChI=1S/C11H10N/c1-2-11-7-9-5-3-4-6-10(9)8-12-11/h1-7,12H,8H2. The van der Waals surface area contributed by atoms with Crippen LogP contribution in [0.5, 0.6) is 0 Å². The predicted molar refractivity (Wildman–Crippen MR) is 50.1 cm³/mol. The van der Waals surface area contributed by atoms with Crippen LogP contribution in [0.4, 0.5) is 0 Å². The Morgan fingerprint density at radius 1 is 1.33 bits per heavy atom. The summed E-state index contributed by atoms with van der Waals surface area (Å²) >= 11 is 0. The average Bonchev–Trinajstić information content (AvgIpc) is 2.17. The number of rotatable bonds is 1. The van der Waals surface area contributed by atoms with Crippen molar-refractivity contribution >= 4 is 6.08 Å². The molecule has 0 spiro atoms. The Balaban J connectivity index is 2.47. The third-order valence-electron chi connectivity index (χ3n) is 2.03. The molecule has 1 aliphatic rings. The molecule has 0 amide bonds. The van der Waals surface area contributed by atoms with Crippen LogP contribution >= 0.6 is 0 Å². The van der Waals surface area contributed by atoms with Gasteiger partial charge in [-0.25, -0.2) is 0 Å². The van der Waals surface area contributed by atoms with Crippen molar-refractivity contribution in [3.8, 4) is 0 Å². The maximum Gasteiger partial charge on any atom is 0.0406 e. The molecule has 0 bridgehead atoms. The number of fused-ring (bicyclic) bond motifs is 1. The Labute approximate surface area is 72.4 Å². The molecule has 0 aromatic heterocycles. The van der Waals surface area contributed by atoms with E-state index in [0.717, 1.165) is 12.2 Å². The van der Waals surface area contributed by atoms with Gasteiger partial charge in [-0.3, -0.25) is 0 Å². The van der Waals surface area contributed by atoms with E-state index in [1.807, 2.05) is 12.1 Å². The number of hydrogen-bond donors (Lipinski definition) is 1. The second-order valence-corrected chi connectivity index (χ2v) is 2.82. The van der Waals surface area contributed by atoms with Gasteiger partial charge in [0.25, 0.3) is 0 Å². The molecule has 1 aliphatic heterocycles. The van der Waals surface area contributed by atoms with Crippen LogP contribution in [-0.4, -0.2) is 0 Å². The highest BCUT2D eigenvalue weighted by atomic mass is 14.9. The van der Waals surface area contributed by atoms with Gasteiger partial charge in [-0.15, -0.1) is 0 Å². The van der Waals surface area contributed by atoms with E-state index < -0.39 is 0 Å². The molecule has 1 radical (unpaired) electrons. The van der Waals surface area contributed by atoms with Crippen LogP contribution in [0.15, 0.2) is 36.0 Å². The molecule has 0 fully saturated rings. The van der Waals surface area contributed by atoms with Gasteiger partial charge in [0, 0.05) is 12.2 Å². The Hall–Kier alpha value is -1.50. The smallest absolute Gasteiger partial charge is 0.0406 e. The lowest BCUT2D eigenvalue weighted by Crippen LogP contribution is -2.15.